The Morgan fingerprint density at radius 3 is 2.63 bits per heavy atom. The lowest BCUT2D eigenvalue weighted by atomic mass is 9.85. The second-order valence-electron chi connectivity index (χ2n) is 5.92. The number of piperidine rings is 1. The van der Waals surface area contributed by atoms with Gasteiger partial charge in [-0.3, -0.25) is 4.79 Å². The van der Waals surface area contributed by atoms with Crippen molar-refractivity contribution in [3.8, 4) is 0 Å². The second-order valence-corrected chi connectivity index (χ2v) is 5.92. The molecule has 4 atom stereocenters. The van der Waals surface area contributed by atoms with Crippen LogP contribution in [0.2, 0.25) is 0 Å². The number of hydrogen-bond acceptors (Lipinski definition) is 3. The van der Waals surface area contributed by atoms with Crippen LogP contribution < -0.4 is 5.73 Å². The quantitative estimate of drug-likeness (QED) is 0.355. The number of hydrogen-bond donors (Lipinski definition) is 2. The van der Waals surface area contributed by atoms with Gasteiger partial charge in [-0.2, -0.15) is 0 Å². The summed E-state index contributed by atoms with van der Waals surface area (Å²) in [6, 6.07) is 0.217. The first-order chi connectivity index (χ1) is 8.92. The number of amidine groups is 1. The number of carbonyl (C=O) groups excluding carboxylic acids is 1. The summed E-state index contributed by atoms with van der Waals surface area (Å²) < 4.78 is 0. The summed E-state index contributed by atoms with van der Waals surface area (Å²) in [4.78, 5) is 14.6. The highest BCUT2D eigenvalue weighted by atomic mass is 16.4. The molecule has 0 aromatic carbocycles. The number of amides is 1. The van der Waals surface area contributed by atoms with Crippen molar-refractivity contribution in [1.29, 1.82) is 0 Å². The first kappa shape index (κ1) is 15.8. The fourth-order valence-corrected chi connectivity index (χ4v) is 2.96. The van der Waals surface area contributed by atoms with Gasteiger partial charge in [0.2, 0.25) is 5.91 Å². The van der Waals surface area contributed by atoms with E-state index < -0.39 is 5.92 Å². The van der Waals surface area contributed by atoms with Gasteiger partial charge in [0.1, 0.15) is 0 Å². The van der Waals surface area contributed by atoms with E-state index in [1.807, 2.05) is 11.8 Å². The van der Waals surface area contributed by atoms with E-state index in [0.29, 0.717) is 18.3 Å². The topological polar surface area (TPSA) is 78.9 Å². The Morgan fingerprint density at radius 1 is 1.47 bits per heavy atom. The van der Waals surface area contributed by atoms with Crippen molar-refractivity contribution in [2.45, 2.75) is 53.0 Å². The molecule has 110 valence electrons. The summed E-state index contributed by atoms with van der Waals surface area (Å²) >= 11 is 0. The van der Waals surface area contributed by atoms with Gasteiger partial charge in [0, 0.05) is 12.6 Å². The molecule has 4 unspecified atom stereocenters. The third kappa shape index (κ3) is 3.61. The van der Waals surface area contributed by atoms with Gasteiger partial charge in [-0.15, -0.1) is 0 Å². The van der Waals surface area contributed by atoms with Crippen LogP contribution >= 0.6 is 0 Å². The highest BCUT2D eigenvalue weighted by Crippen LogP contribution is 2.28. The normalized spacial score (nSPS) is 30.2. The Hall–Kier alpha value is -1.26. The van der Waals surface area contributed by atoms with E-state index in [1.165, 1.54) is 0 Å². The minimum atomic E-state index is -0.491. The van der Waals surface area contributed by atoms with Crippen LogP contribution in [0, 0.1) is 17.8 Å². The lowest BCUT2D eigenvalue weighted by Gasteiger charge is -2.42. The molecule has 0 aromatic heterocycles. The molecule has 1 saturated heterocycles. The van der Waals surface area contributed by atoms with E-state index >= 15 is 0 Å². The molecule has 1 aliphatic rings. The zero-order valence-corrected chi connectivity index (χ0v) is 12.5. The summed E-state index contributed by atoms with van der Waals surface area (Å²) in [6.45, 7) is 9.20. The zero-order chi connectivity index (χ0) is 14.6. The van der Waals surface area contributed by atoms with Gasteiger partial charge in [0.25, 0.3) is 0 Å². The van der Waals surface area contributed by atoms with Gasteiger partial charge >= 0.3 is 0 Å². The summed E-state index contributed by atoms with van der Waals surface area (Å²) in [5.41, 5.74) is 5.68. The molecule has 0 radical (unpaired) electrons. The third-order valence-electron chi connectivity index (χ3n) is 4.23. The average Bonchev–Trinajstić information content (AvgIpc) is 2.38. The van der Waals surface area contributed by atoms with E-state index in [4.69, 9.17) is 10.9 Å². The van der Waals surface area contributed by atoms with Gasteiger partial charge in [0.05, 0.1) is 5.92 Å². The molecule has 1 fully saturated rings. The zero-order valence-electron chi connectivity index (χ0n) is 12.5. The molecule has 0 aliphatic carbocycles. The van der Waals surface area contributed by atoms with Crippen molar-refractivity contribution in [2.75, 3.05) is 6.54 Å². The molecule has 5 nitrogen and oxygen atoms in total. The minimum Gasteiger partial charge on any atom is -0.409 e. The summed E-state index contributed by atoms with van der Waals surface area (Å²) in [7, 11) is 0. The lowest BCUT2D eigenvalue weighted by molar-refractivity contribution is -0.139. The van der Waals surface area contributed by atoms with Crippen LogP contribution in [-0.2, 0) is 4.79 Å². The third-order valence-corrected chi connectivity index (χ3v) is 4.23. The van der Waals surface area contributed by atoms with E-state index in [2.05, 4.69) is 25.9 Å². The number of rotatable bonds is 4. The summed E-state index contributed by atoms with van der Waals surface area (Å²) in [5.74, 6) is 0.537. The SMILES string of the molecule is CCCC(C(=O)N1CC(C)CC(C)C1C)C(N)=NO. The molecule has 1 aliphatic heterocycles. The Bertz CT molecular complexity index is 344. The summed E-state index contributed by atoms with van der Waals surface area (Å²) in [5, 5.41) is 11.9. The molecule has 3 N–H and O–H groups in total. The Morgan fingerprint density at radius 2 is 2.11 bits per heavy atom. The van der Waals surface area contributed by atoms with Gasteiger partial charge in [-0.05, 0) is 31.6 Å². The van der Waals surface area contributed by atoms with Gasteiger partial charge in [0.15, 0.2) is 5.84 Å². The van der Waals surface area contributed by atoms with Crippen LogP contribution in [0.25, 0.3) is 0 Å². The van der Waals surface area contributed by atoms with Crippen molar-refractivity contribution in [2.24, 2.45) is 28.6 Å². The predicted molar refractivity (Wildman–Crippen MR) is 75.9 cm³/mol. The van der Waals surface area contributed by atoms with Crippen LogP contribution in [0.5, 0.6) is 0 Å². The second kappa shape index (κ2) is 6.78. The standard InChI is InChI=1S/C14H27N3O2/c1-5-6-12(13(15)16-19)14(18)17-8-9(2)7-10(3)11(17)4/h9-12,19H,5-8H2,1-4H3,(H2,15,16). The molecular weight excluding hydrogens is 242 g/mol. The van der Waals surface area contributed by atoms with E-state index in [1.54, 1.807) is 0 Å². The molecule has 1 heterocycles. The number of oxime groups is 1. The van der Waals surface area contributed by atoms with Crippen molar-refractivity contribution in [1.82, 2.24) is 4.90 Å². The van der Waals surface area contributed by atoms with Crippen molar-refractivity contribution in [3.05, 3.63) is 0 Å². The largest absolute Gasteiger partial charge is 0.409 e. The molecule has 0 aromatic rings. The van der Waals surface area contributed by atoms with Gasteiger partial charge in [-0.1, -0.05) is 32.3 Å². The smallest absolute Gasteiger partial charge is 0.233 e. The Kier molecular flexibility index (Phi) is 5.63. The maximum absolute atomic E-state index is 12.6. The molecule has 1 amide bonds. The van der Waals surface area contributed by atoms with Crippen LogP contribution in [0.15, 0.2) is 5.16 Å². The van der Waals surface area contributed by atoms with E-state index in [0.717, 1.165) is 19.4 Å². The average molecular weight is 269 g/mol. The van der Waals surface area contributed by atoms with Crippen molar-refractivity contribution < 1.29 is 10.0 Å². The number of nitrogens with two attached hydrogens (primary N) is 1. The lowest BCUT2D eigenvalue weighted by Crippen LogP contribution is -2.52. The Balaban J connectivity index is 2.88. The number of likely N-dealkylation sites (tertiary alicyclic amines) is 1. The minimum absolute atomic E-state index is 0.00282. The van der Waals surface area contributed by atoms with Gasteiger partial charge in [-0.25, -0.2) is 0 Å². The first-order valence-corrected chi connectivity index (χ1v) is 7.20. The van der Waals surface area contributed by atoms with Crippen LogP contribution in [0.4, 0.5) is 0 Å². The molecule has 0 bridgehead atoms. The predicted octanol–water partition coefficient (Wildman–Crippen LogP) is 2.04. The molecule has 19 heavy (non-hydrogen) atoms. The fourth-order valence-electron chi connectivity index (χ4n) is 2.96. The van der Waals surface area contributed by atoms with Crippen LogP contribution in [0.3, 0.4) is 0 Å². The highest BCUT2D eigenvalue weighted by molar-refractivity contribution is 6.02. The monoisotopic (exact) mass is 269 g/mol. The molecule has 5 heteroatoms. The molecule has 0 spiro atoms. The highest BCUT2D eigenvalue weighted by Gasteiger charge is 2.36. The Labute approximate surface area is 115 Å². The molecule has 1 rings (SSSR count). The van der Waals surface area contributed by atoms with Crippen LogP contribution in [0.1, 0.15) is 47.0 Å². The van der Waals surface area contributed by atoms with Gasteiger partial charge < -0.3 is 15.8 Å². The fraction of sp³-hybridized carbons (Fsp3) is 0.857. The summed E-state index contributed by atoms with van der Waals surface area (Å²) in [6.07, 6.45) is 2.60. The molecule has 0 saturated carbocycles. The van der Waals surface area contributed by atoms with Crippen LogP contribution in [-0.4, -0.2) is 34.4 Å². The maximum atomic E-state index is 12.6. The maximum Gasteiger partial charge on any atom is 0.233 e. The number of carbonyl (C=O) groups is 1. The first-order valence-electron chi connectivity index (χ1n) is 7.20. The van der Waals surface area contributed by atoms with E-state index in [9.17, 15) is 4.79 Å². The van der Waals surface area contributed by atoms with Crippen molar-refractivity contribution in [3.63, 3.8) is 0 Å². The van der Waals surface area contributed by atoms with E-state index in [-0.39, 0.29) is 17.8 Å². The number of nitrogens with zero attached hydrogens (tertiary/aromatic N) is 2. The van der Waals surface area contributed by atoms with Crippen molar-refractivity contribution >= 4 is 11.7 Å². The molecular formula is C14H27N3O2.